The Bertz CT molecular complexity index is 823. The van der Waals surface area contributed by atoms with Crippen LogP contribution in [0.3, 0.4) is 0 Å². The lowest BCUT2D eigenvalue weighted by Crippen LogP contribution is -2.39. The van der Waals surface area contributed by atoms with Gasteiger partial charge in [0.1, 0.15) is 18.3 Å². The Balaban J connectivity index is 1.82. The Kier molecular flexibility index (Phi) is 6.38. The lowest BCUT2D eigenvalue weighted by Gasteiger charge is -2.28. The molecule has 4 atom stereocenters. The minimum Gasteiger partial charge on any atom is -0.415 e. The molecule has 0 aliphatic carbocycles. The van der Waals surface area contributed by atoms with Crippen LogP contribution in [0, 0.1) is 0 Å². The normalized spacial score (nSPS) is 29.2. The van der Waals surface area contributed by atoms with E-state index in [0.717, 1.165) is 18.9 Å². The third-order valence-electron chi connectivity index (χ3n) is 5.09. The molecule has 8 nitrogen and oxygen atoms in total. The van der Waals surface area contributed by atoms with Crippen molar-refractivity contribution in [3.63, 3.8) is 0 Å². The van der Waals surface area contributed by atoms with Gasteiger partial charge in [-0.1, -0.05) is 19.8 Å². The molecule has 2 aliphatic heterocycles. The zero-order valence-electron chi connectivity index (χ0n) is 17.0. The van der Waals surface area contributed by atoms with Gasteiger partial charge in [0, 0.05) is 6.20 Å². The Morgan fingerprint density at radius 3 is 2.64 bits per heavy atom. The average molecular weight is 477 g/mol. The molecule has 10 heteroatoms. The summed E-state index contributed by atoms with van der Waals surface area (Å²) in [5.74, 6) is -0.784. The minimum absolute atomic E-state index is 0.248. The third-order valence-corrected chi connectivity index (χ3v) is 8.17. The van der Waals surface area contributed by atoms with Crippen LogP contribution in [0.15, 0.2) is 20.3 Å². The molecule has 1 aromatic rings. The number of ether oxygens (including phenoxy) is 3. The molecule has 0 saturated carbocycles. The molecule has 1 aromatic heterocycles. The van der Waals surface area contributed by atoms with Crippen molar-refractivity contribution in [2.75, 3.05) is 6.61 Å². The maximum atomic E-state index is 12.4. The molecule has 0 unspecified atom stereocenters. The fourth-order valence-corrected chi connectivity index (χ4v) is 5.93. The highest BCUT2D eigenvalue weighted by Gasteiger charge is 2.56. The van der Waals surface area contributed by atoms with Crippen molar-refractivity contribution in [2.24, 2.45) is 0 Å². The van der Waals surface area contributed by atoms with E-state index < -0.39 is 37.7 Å². The Morgan fingerprint density at radius 2 is 1.96 bits per heavy atom. The van der Waals surface area contributed by atoms with Gasteiger partial charge in [0.05, 0.1) is 11.1 Å². The zero-order chi connectivity index (χ0) is 20.7. The fourth-order valence-electron chi connectivity index (χ4n) is 3.65. The summed E-state index contributed by atoms with van der Waals surface area (Å²) in [6.45, 7) is 10.6. The summed E-state index contributed by atoms with van der Waals surface area (Å²) >= 11 is 3.17. The van der Waals surface area contributed by atoms with Gasteiger partial charge >= 0.3 is 5.69 Å². The lowest BCUT2D eigenvalue weighted by atomic mass is 10.1. The van der Waals surface area contributed by atoms with Crippen molar-refractivity contribution in [1.82, 2.24) is 9.55 Å². The van der Waals surface area contributed by atoms with E-state index in [1.54, 1.807) is 0 Å². The number of halogens is 1. The van der Waals surface area contributed by atoms with Crippen LogP contribution in [-0.4, -0.2) is 48.6 Å². The summed E-state index contributed by atoms with van der Waals surface area (Å²) in [7, 11) is -1.80. The molecule has 2 aliphatic rings. The molecule has 0 bridgehead atoms. The van der Waals surface area contributed by atoms with Crippen molar-refractivity contribution >= 4 is 24.2 Å². The smallest absolute Gasteiger partial charge is 0.330 e. The second-order valence-corrected chi connectivity index (χ2v) is 13.6. The SMILES string of the molecule is CCCC[Si](C)(C)OC[C@H]1O[C@@H](n2cc(Br)c(=O)[nH]c2=O)[C@@H]2OC(C)(C)O[C@@H]21. The Morgan fingerprint density at radius 1 is 1.29 bits per heavy atom. The monoisotopic (exact) mass is 476 g/mol. The summed E-state index contributed by atoms with van der Waals surface area (Å²) in [6.07, 6.45) is 1.83. The maximum absolute atomic E-state index is 12.4. The summed E-state index contributed by atoms with van der Waals surface area (Å²) in [4.78, 5) is 26.3. The van der Waals surface area contributed by atoms with Crippen LogP contribution in [0.1, 0.15) is 39.8 Å². The van der Waals surface area contributed by atoms with E-state index >= 15 is 0 Å². The highest BCUT2D eigenvalue weighted by atomic mass is 79.9. The van der Waals surface area contributed by atoms with E-state index in [0.29, 0.717) is 6.61 Å². The number of nitrogens with one attached hydrogen (secondary N) is 1. The highest BCUT2D eigenvalue weighted by molar-refractivity contribution is 9.10. The zero-order valence-corrected chi connectivity index (χ0v) is 19.6. The first kappa shape index (κ1) is 21.9. The topological polar surface area (TPSA) is 91.8 Å². The first-order valence-corrected chi connectivity index (χ1v) is 13.6. The first-order chi connectivity index (χ1) is 13.0. The predicted octanol–water partition coefficient (Wildman–Crippen LogP) is 2.74. The van der Waals surface area contributed by atoms with Crippen LogP contribution in [-0.2, 0) is 18.6 Å². The number of H-pyrrole nitrogens is 1. The fraction of sp³-hybridized carbons (Fsp3) is 0.778. The van der Waals surface area contributed by atoms with E-state index in [9.17, 15) is 9.59 Å². The van der Waals surface area contributed by atoms with Gasteiger partial charge in [-0.2, -0.15) is 0 Å². The van der Waals surface area contributed by atoms with Gasteiger partial charge in [0.15, 0.2) is 20.3 Å². The van der Waals surface area contributed by atoms with E-state index in [1.165, 1.54) is 10.8 Å². The first-order valence-electron chi connectivity index (χ1n) is 9.69. The van der Waals surface area contributed by atoms with Crippen LogP contribution >= 0.6 is 15.9 Å². The number of hydrogen-bond donors (Lipinski definition) is 1. The van der Waals surface area contributed by atoms with Gasteiger partial charge in [-0.25, -0.2) is 4.79 Å². The van der Waals surface area contributed by atoms with Crippen LogP contribution in [0.25, 0.3) is 0 Å². The van der Waals surface area contributed by atoms with Crippen LogP contribution in [0.2, 0.25) is 19.1 Å². The summed E-state index contributed by atoms with van der Waals surface area (Å²) in [6, 6.07) is 1.09. The number of aromatic amines is 1. The standard InChI is InChI=1S/C18H29BrN2O6Si/c1-6-7-8-28(4,5)24-10-12-13-14(27-18(2,3)26-13)16(25-12)21-9-11(19)15(22)20-17(21)23/h9,12-14,16H,6-8,10H2,1-5H3,(H,20,22,23)/t12-,13-,14-,16-/m1/s1. The molecule has 3 rings (SSSR count). The summed E-state index contributed by atoms with van der Waals surface area (Å²) in [5, 5.41) is 0. The van der Waals surface area contributed by atoms with Crippen molar-refractivity contribution < 1.29 is 18.6 Å². The van der Waals surface area contributed by atoms with Gasteiger partial charge in [-0.3, -0.25) is 14.3 Å². The van der Waals surface area contributed by atoms with Gasteiger partial charge in [-0.05, 0) is 48.9 Å². The molecule has 2 fully saturated rings. The molecule has 0 spiro atoms. The average Bonchev–Trinajstić information content (AvgIpc) is 3.08. The van der Waals surface area contributed by atoms with E-state index in [1.807, 2.05) is 13.8 Å². The lowest BCUT2D eigenvalue weighted by molar-refractivity contribution is -0.200. The van der Waals surface area contributed by atoms with Crippen molar-refractivity contribution in [1.29, 1.82) is 0 Å². The number of nitrogens with zero attached hydrogens (tertiary/aromatic N) is 1. The van der Waals surface area contributed by atoms with Crippen molar-refractivity contribution in [3.05, 3.63) is 31.5 Å². The van der Waals surface area contributed by atoms with E-state index in [2.05, 4.69) is 40.9 Å². The number of unbranched alkanes of at least 4 members (excludes halogenated alkanes) is 1. The number of hydrogen-bond acceptors (Lipinski definition) is 6. The molecule has 3 heterocycles. The molecular weight excluding hydrogens is 448 g/mol. The van der Waals surface area contributed by atoms with Crippen LogP contribution < -0.4 is 11.2 Å². The molecule has 28 heavy (non-hydrogen) atoms. The maximum Gasteiger partial charge on any atom is 0.330 e. The third kappa shape index (κ3) is 4.68. The molecule has 0 radical (unpaired) electrons. The van der Waals surface area contributed by atoms with Crippen molar-refractivity contribution in [2.45, 2.75) is 83.1 Å². The van der Waals surface area contributed by atoms with E-state index in [4.69, 9.17) is 18.6 Å². The largest absolute Gasteiger partial charge is 0.415 e. The Labute approximate surface area is 173 Å². The van der Waals surface area contributed by atoms with Gasteiger partial charge in [-0.15, -0.1) is 0 Å². The highest BCUT2D eigenvalue weighted by Crippen LogP contribution is 2.43. The Hall–Kier alpha value is -0.783. The number of fused-ring (bicyclic) bond motifs is 1. The second kappa shape index (κ2) is 8.15. The molecule has 2 saturated heterocycles. The van der Waals surface area contributed by atoms with Gasteiger partial charge in [0.25, 0.3) is 5.56 Å². The predicted molar refractivity (Wildman–Crippen MR) is 110 cm³/mol. The number of rotatable bonds is 7. The minimum atomic E-state index is -1.80. The van der Waals surface area contributed by atoms with Crippen LogP contribution in [0.4, 0.5) is 0 Å². The van der Waals surface area contributed by atoms with Gasteiger partial charge < -0.3 is 18.6 Å². The quantitative estimate of drug-likeness (QED) is 0.608. The molecule has 158 valence electrons. The van der Waals surface area contributed by atoms with Crippen molar-refractivity contribution in [3.8, 4) is 0 Å². The molecule has 0 aromatic carbocycles. The second-order valence-electron chi connectivity index (χ2n) is 8.45. The number of aromatic nitrogens is 2. The molecule has 0 amide bonds. The van der Waals surface area contributed by atoms with E-state index in [-0.39, 0.29) is 16.7 Å². The molecular formula is C18H29BrN2O6Si. The van der Waals surface area contributed by atoms with Gasteiger partial charge in [0.2, 0.25) is 0 Å². The summed E-state index contributed by atoms with van der Waals surface area (Å²) < 4.78 is 26.1. The molecule has 1 N–H and O–H groups in total. The summed E-state index contributed by atoms with van der Waals surface area (Å²) in [5.41, 5.74) is -1.03. The van der Waals surface area contributed by atoms with Crippen LogP contribution in [0.5, 0.6) is 0 Å².